The SMILES string of the molecule is CC(C)(CN)N1CCN(S(=O)(=O)N2CCCC2)CC1. The van der Waals surface area contributed by atoms with Crippen LogP contribution in [0, 0.1) is 0 Å². The third-order valence-electron chi connectivity index (χ3n) is 4.31. The number of rotatable bonds is 4. The van der Waals surface area contributed by atoms with Crippen molar-refractivity contribution in [3.05, 3.63) is 0 Å². The average molecular weight is 290 g/mol. The van der Waals surface area contributed by atoms with Crippen LogP contribution in [0.2, 0.25) is 0 Å². The molecule has 19 heavy (non-hydrogen) atoms. The van der Waals surface area contributed by atoms with Crippen molar-refractivity contribution < 1.29 is 8.42 Å². The summed E-state index contributed by atoms with van der Waals surface area (Å²) < 4.78 is 28.1. The van der Waals surface area contributed by atoms with E-state index >= 15 is 0 Å². The zero-order valence-corrected chi connectivity index (χ0v) is 12.8. The van der Waals surface area contributed by atoms with Crippen LogP contribution < -0.4 is 5.73 Å². The van der Waals surface area contributed by atoms with Crippen molar-refractivity contribution in [1.82, 2.24) is 13.5 Å². The third kappa shape index (κ3) is 3.11. The van der Waals surface area contributed by atoms with Gasteiger partial charge in [-0.1, -0.05) is 0 Å². The molecule has 0 bridgehead atoms. The molecule has 7 heteroatoms. The Morgan fingerprint density at radius 1 is 0.947 bits per heavy atom. The van der Waals surface area contributed by atoms with E-state index in [-0.39, 0.29) is 5.54 Å². The molecule has 0 aromatic heterocycles. The van der Waals surface area contributed by atoms with E-state index in [1.54, 1.807) is 8.61 Å². The van der Waals surface area contributed by atoms with E-state index in [1.807, 2.05) is 0 Å². The summed E-state index contributed by atoms with van der Waals surface area (Å²) >= 11 is 0. The zero-order chi connectivity index (χ0) is 14.1. The minimum absolute atomic E-state index is 0.0521. The van der Waals surface area contributed by atoms with Crippen LogP contribution in [0.3, 0.4) is 0 Å². The van der Waals surface area contributed by atoms with Crippen molar-refractivity contribution in [3.8, 4) is 0 Å². The maximum absolute atomic E-state index is 12.4. The minimum Gasteiger partial charge on any atom is -0.329 e. The third-order valence-corrected chi connectivity index (χ3v) is 6.35. The molecule has 0 unspecified atom stereocenters. The quantitative estimate of drug-likeness (QED) is 0.770. The Morgan fingerprint density at radius 2 is 1.42 bits per heavy atom. The molecule has 2 aliphatic rings. The summed E-state index contributed by atoms with van der Waals surface area (Å²) in [6, 6.07) is 0. The second kappa shape index (κ2) is 5.65. The van der Waals surface area contributed by atoms with Crippen molar-refractivity contribution in [2.24, 2.45) is 5.73 Å². The minimum atomic E-state index is -3.23. The van der Waals surface area contributed by atoms with Gasteiger partial charge < -0.3 is 5.73 Å². The molecule has 0 aromatic carbocycles. The lowest BCUT2D eigenvalue weighted by atomic mass is 10.0. The number of piperazine rings is 1. The van der Waals surface area contributed by atoms with Gasteiger partial charge in [-0.15, -0.1) is 0 Å². The van der Waals surface area contributed by atoms with Crippen LogP contribution in [0.25, 0.3) is 0 Å². The molecule has 0 amide bonds. The number of hydrogen-bond acceptors (Lipinski definition) is 4. The van der Waals surface area contributed by atoms with E-state index in [0.717, 1.165) is 25.9 Å². The highest BCUT2D eigenvalue weighted by Crippen LogP contribution is 2.21. The zero-order valence-electron chi connectivity index (χ0n) is 12.0. The van der Waals surface area contributed by atoms with E-state index in [1.165, 1.54) is 0 Å². The molecule has 2 aliphatic heterocycles. The summed E-state index contributed by atoms with van der Waals surface area (Å²) in [5, 5.41) is 0. The Kier molecular flexibility index (Phi) is 4.52. The lowest BCUT2D eigenvalue weighted by Crippen LogP contribution is -2.59. The molecule has 112 valence electrons. The van der Waals surface area contributed by atoms with E-state index < -0.39 is 10.2 Å². The van der Waals surface area contributed by atoms with Gasteiger partial charge in [-0.25, -0.2) is 0 Å². The first kappa shape index (κ1) is 15.2. The fourth-order valence-electron chi connectivity index (χ4n) is 2.74. The molecule has 6 nitrogen and oxygen atoms in total. The van der Waals surface area contributed by atoms with E-state index in [4.69, 9.17) is 5.73 Å². The summed E-state index contributed by atoms with van der Waals surface area (Å²) in [6.07, 6.45) is 1.97. The number of nitrogens with zero attached hydrogens (tertiary/aromatic N) is 3. The number of nitrogens with two attached hydrogens (primary N) is 1. The Balaban J connectivity index is 1.96. The average Bonchev–Trinajstić information content (AvgIpc) is 2.93. The van der Waals surface area contributed by atoms with Gasteiger partial charge in [-0.2, -0.15) is 17.0 Å². The van der Waals surface area contributed by atoms with Crippen LogP contribution in [0.5, 0.6) is 0 Å². The summed E-state index contributed by atoms with van der Waals surface area (Å²) in [5.41, 5.74) is 5.72. The Bertz CT molecular complexity index is 396. The topological polar surface area (TPSA) is 69.9 Å². The molecule has 0 radical (unpaired) electrons. The van der Waals surface area contributed by atoms with Gasteiger partial charge in [-0.05, 0) is 26.7 Å². The standard InChI is InChI=1S/C12H26N4O2S/c1-12(2,11-13)14-7-9-16(10-8-14)19(17,18)15-5-3-4-6-15/h3-11,13H2,1-2H3. The van der Waals surface area contributed by atoms with Gasteiger partial charge in [0.25, 0.3) is 10.2 Å². The highest BCUT2D eigenvalue weighted by Gasteiger charge is 2.36. The summed E-state index contributed by atoms with van der Waals surface area (Å²) in [6.45, 7) is 8.83. The molecule has 0 aromatic rings. The highest BCUT2D eigenvalue weighted by atomic mass is 32.2. The van der Waals surface area contributed by atoms with Crippen LogP contribution in [-0.2, 0) is 10.2 Å². The smallest absolute Gasteiger partial charge is 0.282 e. The van der Waals surface area contributed by atoms with Crippen LogP contribution in [0.1, 0.15) is 26.7 Å². The first-order valence-corrected chi connectivity index (χ1v) is 8.48. The molecule has 2 N–H and O–H groups in total. The summed E-state index contributed by atoms with van der Waals surface area (Å²) in [7, 11) is -3.23. The maximum atomic E-state index is 12.4. The second-order valence-electron chi connectivity index (χ2n) is 6.02. The Hall–Kier alpha value is -0.210. The van der Waals surface area contributed by atoms with Crippen LogP contribution >= 0.6 is 0 Å². The van der Waals surface area contributed by atoms with Gasteiger partial charge in [0.2, 0.25) is 0 Å². The van der Waals surface area contributed by atoms with Crippen LogP contribution in [-0.4, -0.2) is 73.3 Å². The number of hydrogen-bond donors (Lipinski definition) is 1. The van der Waals surface area contributed by atoms with Crippen molar-refractivity contribution in [2.75, 3.05) is 45.8 Å². The lowest BCUT2D eigenvalue weighted by Gasteiger charge is -2.43. The first-order chi connectivity index (χ1) is 8.88. The molecular formula is C12H26N4O2S. The molecule has 0 saturated carbocycles. The van der Waals surface area contributed by atoms with Crippen LogP contribution in [0.15, 0.2) is 0 Å². The first-order valence-electron chi connectivity index (χ1n) is 7.08. The lowest BCUT2D eigenvalue weighted by molar-refractivity contribution is 0.0831. The van der Waals surface area contributed by atoms with Crippen molar-refractivity contribution >= 4 is 10.2 Å². The molecule has 2 heterocycles. The summed E-state index contributed by atoms with van der Waals surface area (Å²) in [4.78, 5) is 2.28. The Labute approximate surface area is 116 Å². The molecule has 2 saturated heterocycles. The predicted molar refractivity (Wildman–Crippen MR) is 76.0 cm³/mol. The van der Waals surface area contributed by atoms with Gasteiger partial charge >= 0.3 is 0 Å². The molecular weight excluding hydrogens is 264 g/mol. The second-order valence-corrected chi connectivity index (χ2v) is 7.95. The fraction of sp³-hybridized carbons (Fsp3) is 1.00. The maximum Gasteiger partial charge on any atom is 0.282 e. The van der Waals surface area contributed by atoms with Gasteiger partial charge in [0.15, 0.2) is 0 Å². The van der Waals surface area contributed by atoms with Gasteiger partial charge in [-0.3, -0.25) is 4.90 Å². The highest BCUT2D eigenvalue weighted by molar-refractivity contribution is 7.86. The molecule has 0 aliphatic carbocycles. The van der Waals surface area contributed by atoms with Crippen molar-refractivity contribution in [1.29, 1.82) is 0 Å². The van der Waals surface area contributed by atoms with E-state index in [9.17, 15) is 8.42 Å². The van der Waals surface area contributed by atoms with Gasteiger partial charge in [0.05, 0.1) is 0 Å². The van der Waals surface area contributed by atoms with Crippen molar-refractivity contribution in [3.63, 3.8) is 0 Å². The molecule has 0 atom stereocenters. The predicted octanol–water partition coefficient (Wildman–Crippen LogP) is -0.318. The largest absolute Gasteiger partial charge is 0.329 e. The van der Waals surface area contributed by atoms with Gasteiger partial charge in [0.1, 0.15) is 0 Å². The molecule has 2 rings (SSSR count). The van der Waals surface area contributed by atoms with Crippen molar-refractivity contribution in [2.45, 2.75) is 32.2 Å². The van der Waals surface area contributed by atoms with Crippen LogP contribution in [0.4, 0.5) is 0 Å². The Morgan fingerprint density at radius 3 is 1.89 bits per heavy atom. The molecule has 2 fully saturated rings. The van der Waals surface area contributed by atoms with E-state index in [0.29, 0.717) is 32.7 Å². The fourth-order valence-corrected chi connectivity index (χ4v) is 4.41. The molecule has 0 spiro atoms. The van der Waals surface area contributed by atoms with Gasteiger partial charge in [0, 0.05) is 51.4 Å². The normalized spacial score (nSPS) is 25.0. The summed E-state index contributed by atoms with van der Waals surface area (Å²) in [5.74, 6) is 0. The monoisotopic (exact) mass is 290 g/mol. The van der Waals surface area contributed by atoms with E-state index in [2.05, 4.69) is 18.7 Å².